The van der Waals surface area contributed by atoms with Gasteiger partial charge in [0.25, 0.3) is 5.89 Å². The summed E-state index contributed by atoms with van der Waals surface area (Å²) in [7, 11) is 0. The van der Waals surface area contributed by atoms with Gasteiger partial charge in [-0.25, -0.2) is 4.98 Å². The minimum absolute atomic E-state index is 0.138. The summed E-state index contributed by atoms with van der Waals surface area (Å²) in [6.07, 6.45) is 0. The molecule has 0 fully saturated rings. The van der Waals surface area contributed by atoms with Crippen molar-refractivity contribution in [3.8, 4) is 0 Å². The fraction of sp³-hybridized carbons (Fsp3) is 0.200. The monoisotopic (exact) mass is 253 g/mol. The molecule has 3 nitrogen and oxygen atoms in total. The first-order valence-corrected chi connectivity index (χ1v) is 5.30. The molecule has 1 aromatic heterocycles. The van der Waals surface area contributed by atoms with Crippen molar-refractivity contribution in [2.45, 2.75) is 6.92 Å². The van der Waals surface area contributed by atoms with E-state index in [9.17, 15) is 4.79 Å². The topological polar surface area (TPSA) is 43.1 Å². The summed E-state index contributed by atoms with van der Waals surface area (Å²) in [5.41, 5.74) is 2.44. The van der Waals surface area contributed by atoms with Gasteiger partial charge in [0.1, 0.15) is 5.52 Å². The number of hydrogen-bond donors (Lipinski definition) is 0. The Bertz CT molecular complexity index is 490. The van der Waals surface area contributed by atoms with Crippen molar-refractivity contribution in [3.63, 3.8) is 0 Å². The molecule has 1 aromatic carbocycles. The number of para-hydroxylation sites is 1. The van der Waals surface area contributed by atoms with Crippen molar-refractivity contribution in [2.75, 3.05) is 5.33 Å². The highest BCUT2D eigenvalue weighted by atomic mass is 79.9. The first-order chi connectivity index (χ1) is 6.72. The first-order valence-electron chi connectivity index (χ1n) is 4.17. The summed E-state index contributed by atoms with van der Waals surface area (Å²) in [6.45, 7) is 1.94. The lowest BCUT2D eigenvalue weighted by Crippen LogP contribution is -1.99. The highest BCUT2D eigenvalue weighted by Gasteiger charge is 2.13. The van der Waals surface area contributed by atoms with Crippen LogP contribution in [0.15, 0.2) is 22.6 Å². The molecule has 72 valence electrons. The van der Waals surface area contributed by atoms with Gasteiger partial charge in [-0.1, -0.05) is 28.1 Å². The SMILES string of the molecule is Cc1cccc2oc(C(=O)CBr)nc12. The third-order valence-electron chi connectivity index (χ3n) is 1.98. The molecule has 0 saturated heterocycles. The molecule has 2 aromatic rings. The fourth-order valence-electron chi connectivity index (χ4n) is 1.26. The number of benzene rings is 1. The number of nitrogens with zero attached hydrogens (tertiary/aromatic N) is 1. The molecule has 1 heterocycles. The second-order valence-corrected chi connectivity index (χ2v) is 3.56. The number of ketones is 1. The maximum absolute atomic E-state index is 11.3. The van der Waals surface area contributed by atoms with Crippen LogP contribution in [-0.2, 0) is 0 Å². The van der Waals surface area contributed by atoms with E-state index in [-0.39, 0.29) is 17.0 Å². The Kier molecular flexibility index (Phi) is 2.37. The van der Waals surface area contributed by atoms with Crippen molar-refractivity contribution >= 4 is 32.8 Å². The number of rotatable bonds is 2. The molecule has 4 heteroatoms. The van der Waals surface area contributed by atoms with E-state index in [1.807, 2.05) is 19.1 Å². The van der Waals surface area contributed by atoms with Gasteiger partial charge in [0.05, 0.1) is 5.33 Å². The van der Waals surface area contributed by atoms with Gasteiger partial charge in [-0.15, -0.1) is 0 Å². The molecule has 0 aliphatic carbocycles. The van der Waals surface area contributed by atoms with E-state index >= 15 is 0 Å². The lowest BCUT2D eigenvalue weighted by atomic mass is 10.2. The number of carbonyl (C=O) groups excluding carboxylic acids is 1. The number of hydrogen-bond acceptors (Lipinski definition) is 3. The lowest BCUT2D eigenvalue weighted by molar-refractivity contribution is 0.0989. The number of aryl methyl sites for hydroxylation is 1. The van der Waals surface area contributed by atoms with E-state index in [0.29, 0.717) is 5.58 Å². The van der Waals surface area contributed by atoms with Crippen molar-refractivity contribution in [1.82, 2.24) is 4.98 Å². The Labute approximate surface area is 89.3 Å². The van der Waals surface area contributed by atoms with Crippen LogP contribution in [0.2, 0.25) is 0 Å². The smallest absolute Gasteiger partial charge is 0.265 e. The lowest BCUT2D eigenvalue weighted by Gasteiger charge is -1.88. The Morgan fingerprint density at radius 1 is 1.57 bits per heavy atom. The summed E-state index contributed by atoms with van der Waals surface area (Å²) in [5, 5.41) is 0.235. The summed E-state index contributed by atoms with van der Waals surface area (Å²) >= 11 is 3.08. The predicted octanol–water partition coefficient (Wildman–Crippen LogP) is 2.71. The number of Topliss-reactive ketones (excluding diaryl/α,β-unsaturated/α-hetero) is 1. The van der Waals surface area contributed by atoms with E-state index in [1.54, 1.807) is 6.07 Å². The normalized spacial score (nSPS) is 10.7. The third-order valence-corrected chi connectivity index (χ3v) is 2.49. The number of aromatic nitrogens is 1. The second kappa shape index (κ2) is 3.53. The van der Waals surface area contributed by atoms with Crippen LogP contribution < -0.4 is 0 Å². The van der Waals surface area contributed by atoms with E-state index in [1.165, 1.54) is 0 Å². The quantitative estimate of drug-likeness (QED) is 0.611. The standard InChI is InChI=1S/C10H8BrNO2/c1-6-3-2-4-8-9(6)12-10(14-8)7(13)5-11/h2-4H,5H2,1H3. The average molecular weight is 254 g/mol. The molecule has 0 saturated carbocycles. The van der Waals surface area contributed by atoms with Crippen LogP contribution in [0.3, 0.4) is 0 Å². The molecule has 0 unspecified atom stereocenters. The number of halogens is 1. The molecule has 0 aliphatic heterocycles. The zero-order valence-electron chi connectivity index (χ0n) is 7.58. The van der Waals surface area contributed by atoms with Crippen molar-refractivity contribution in [3.05, 3.63) is 29.7 Å². The van der Waals surface area contributed by atoms with Crippen LogP contribution in [0, 0.1) is 6.92 Å². The molecule has 0 aliphatic rings. The molecule has 0 atom stereocenters. The zero-order chi connectivity index (χ0) is 10.1. The molecule has 0 radical (unpaired) electrons. The van der Waals surface area contributed by atoms with Crippen molar-refractivity contribution in [2.24, 2.45) is 0 Å². The number of oxazole rings is 1. The Balaban J connectivity index is 2.62. The summed E-state index contributed by atoms with van der Waals surface area (Å²) in [4.78, 5) is 15.4. The van der Waals surface area contributed by atoms with Gasteiger partial charge in [-0.3, -0.25) is 4.79 Å². The molecule has 0 amide bonds. The van der Waals surface area contributed by atoms with Crippen LogP contribution in [-0.4, -0.2) is 16.1 Å². The van der Waals surface area contributed by atoms with Gasteiger partial charge < -0.3 is 4.42 Å². The van der Waals surface area contributed by atoms with E-state index in [0.717, 1.165) is 11.1 Å². The minimum Gasteiger partial charge on any atom is -0.434 e. The molecule has 0 bridgehead atoms. The highest BCUT2D eigenvalue weighted by molar-refractivity contribution is 9.09. The van der Waals surface area contributed by atoms with E-state index < -0.39 is 0 Å². The molecular weight excluding hydrogens is 246 g/mol. The maximum Gasteiger partial charge on any atom is 0.265 e. The minimum atomic E-state index is -0.138. The fourth-order valence-corrected chi connectivity index (χ4v) is 1.50. The van der Waals surface area contributed by atoms with Crippen LogP contribution in [0.25, 0.3) is 11.1 Å². The molecular formula is C10H8BrNO2. The Morgan fingerprint density at radius 3 is 3.00 bits per heavy atom. The van der Waals surface area contributed by atoms with Crippen molar-refractivity contribution in [1.29, 1.82) is 0 Å². The summed E-state index contributed by atoms with van der Waals surface area (Å²) in [5.74, 6) is 0.0341. The summed E-state index contributed by atoms with van der Waals surface area (Å²) in [6, 6.07) is 5.62. The number of fused-ring (bicyclic) bond motifs is 1. The Hall–Kier alpha value is -1.16. The van der Waals surface area contributed by atoms with Gasteiger partial charge in [-0.05, 0) is 18.6 Å². The largest absolute Gasteiger partial charge is 0.434 e. The van der Waals surface area contributed by atoms with Crippen LogP contribution in [0.1, 0.15) is 16.2 Å². The third kappa shape index (κ3) is 1.46. The second-order valence-electron chi connectivity index (χ2n) is 3.00. The zero-order valence-corrected chi connectivity index (χ0v) is 9.17. The van der Waals surface area contributed by atoms with Crippen LogP contribution in [0.5, 0.6) is 0 Å². The average Bonchev–Trinajstić information content (AvgIpc) is 2.62. The van der Waals surface area contributed by atoms with Crippen LogP contribution >= 0.6 is 15.9 Å². The highest BCUT2D eigenvalue weighted by Crippen LogP contribution is 2.19. The van der Waals surface area contributed by atoms with Gasteiger partial charge >= 0.3 is 0 Å². The molecule has 0 spiro atoms. The maximum atomic E-state index is 11.3. The van der Waals surface area contributed by atoms with Crippen molar-refractivity contribution < 1.29 is 9.21 Å². The molecule has 2 rings (SSSR count). The predicted molar refractivity (Wildman–Crippen MR) is 56.9 cm³/mol. The number of carbonyl (C=O) groups is 1. The van der Waals surface area contributed by atoms with Gasteiger partial charge in [-0.2, -0.15) is 0 Å². The number of alkyl halides is 1. The molecule has 0 N–H and O–H groups in total. The Morgan fingerprint density at radius 2 is 2.36 bits per heavy atom. The van der Waals surface area contributed by atoms with Crippen LogP contribution in [0.4, 0.5) is 0 Å². The summed E-state index contributed by atoms with van der Waals surface area (Å²) < 4.78 is 5.31. The molecule has 14 heavy (non-hydrogen) atoms. The van der Waals surface area contributed by atoms with Gasteiger partial charge in [0.15, 0.2) is 5.58 Å². The van der Waals surface area contributed by atoms with E-state index in [4.69, 9.17) is 4.42 Å². The first kappa shape index (κ1) is 9.40. The van der Waals surface area contributed by atoms with Gasteiger partial charge in [0.2, 0.25) is 5.78 Å². The van der Waals surface area contributed by atoms with Gasteiger partial charge in [0, 0.05) is 0 Å². The van der Waals surface area contributed by atoms with E-state index in [2.05, 4.69) is 20.9 Å².